The van der Waals surface area contributed by atoms with Gasteiger partial charge in [-0.2, -0.15) is 9.57 Å². The predicted molar refractivity (Wildman–Crippen MR) is 133 cm³/mol. The molecule has 1 fully saturated rings. The van der Waals surface area contributed by atoms with E-state index in [0.717, 1.165) is 42.5 Å². The number of nitrogens with zero attached hydrogens (tertiary/aromatic N) is 3. The summed E-state index contributed by atoms with van der Waals surface area (Å²) < 4.78 is 27.4. The number of nitrogens with one attached hydrogen (secondary N) is 1. The summed E-state index contributed by atoms with van der Waals surface area (Å²) in [4.78, 5) is 17.2. The van der Waals surface area contributed by atoms with Crippen LogP contribution >= 0.6 is 11.3 Å². The van der Waals surface area contributed by atoms with Crippen molar-refractivity contribution in [2.45, 2.75) is 43.4 Å². The van der Waals surface area contributed by atoms with E-state index in [1.54, 1.807) is 40.7 Å². The highest BCUT2D eigenvalue weighted by atomic mass is 32.2. The SMILES string of the molecule is N#Cc1ccc(-c2csc(NC(=O)CCc3ccc(S(=O)(=O)N4CCCCCC4)cc3)n2)cc1. The molecule has 176 valence electrons. The van der Waals surface area contributed by atoms with E-state index in [-0.39, 0.29) is 12.3 Å². The maximum absolute atomic E-state index is 12.9. The molecule has 7 nitrogen and oxygen atoms in total. The molecule has 9 heteroatoms. The van der Waals surface area contributed by atoms with Crippen LogP contribution in [0.4, 0.5) is 5.13 Å². The number of thiazole rings is 1. The molecule has 1 aromatic heterocycles. The maximum atomic E-state index is 12.9. The average molecular weight is 495 g/mol. The van der Waals surface area contributed by atoms with Crippen LogP contribution in [0.3, 0.4) is 0 Å². The van der Waals surface area contributed by atoms with Gasteiger partial charge in [0.05, 0.1) is 22.2 Å². The fourth-order valence-electron chi connectivity index (χ4n) is 3.88. The molecule has 2 aromatic carbocycles. The number of rotatable bonds is 7. The Balaban J connectivity index is 1.31. The summed E-state index contributed by atoms with van der Waals surface area (Å²) in [7, 11) is -3.47. The maximum Gasteiger partial charge on any atom is 0.243 e. The first-order valence-electron chi connectivity index (χ1n) is 11.3. The first kappa shape index (κ1) is 24.1. The van der Waals surface area contributed by atoms with Gasteiger partial charge in [-0.15, -0.1) is 11.3 Å². The molecule has 1 N–H and O–H groups in total. The van der Waals surface area contributed by atoms with Crippen molar-refractivity contribution in [3.63, 3.8) is 0 Å². The van der Waals surface area contributed by atoms with Crippen molar-refractivity contribution in [3.8, 4) is 17.3 Å². The molecule has 1 amide bonds. The number of amides is 1. The second-order valence-corrected chi connectivity index (χ2v) is 11.0. The molecule has 1 aliphatic heterocycles. The molecular formula is C25H26N4O3S2. The van der Waals surface area contributed by atoms with Gasteiger partial charge in [0, 0.05) is 30.5 Å². The number of hydrogen-bond donors (Lipinski definition) is 1. The number of aromatic nitrogens is 1. The zero-order chi connectivity index (χ0) is 24.0. The molecule has 0 spiro atoms. The lowest BCUT2D eigenvalue weighted by Crippen LogP contribution is -2.31. The van der Waals surface area contributed by atoms with E-state index < -0.39 is 10.0 Å². The first-order valence-corrected chi connectivity index (χ1v) is 13.6. The summed E-state index contributed by atoms with van der Waals surface area (Å²) in [5, 5.41) is 14.1. The molecule has 3 aromatic rings. The number of sulfonamides is 1. The topological polar surface area (TPSA) is 103 Å². The van der Waals surface area contributed by atoms with Gasteiger partial charge in [-0.05, 0) is 49.1 Å². The van der Waals surface area contributed by atoms with E-state index in [2.05, 4.69) is 16.4 Å². The van der Waals surface area contributed by atoms with Gasteiger partial charge in [-0.25, -0.2) is 13.4 Å². The van der Waals surface area contributed by atoms with Gasteiger partial charge in [0.1, 0.15) is 0 Å². The van der Waals surface area contributed by atoms with E-state index in [9.17, 15) is 13.2 Å². The van der Waals surface area contributed by atoms with Crippen LogP contribution in [0.25, 0.3) is 11.3 Å². The summed E-state index contributed by atoms with van der Waals surface area (Å²) in [5.74, 6) is -0.151. The van der Waals surface area contributed by atoms with Crippen molar-refractivity contribution in [1.29, 1.82) is 5.26 Å². The molecule has 1 aliphatic rings. The highest BCUT2D eigenvalue weighted by molar-refractivity contribution is 7.89. The molecule has 34 heavy (non-hydrogen) atoms. The van der Waals surface area contributed by atoms with Gasteiger partial charge in [0.25, 0.3) is 0 Å². The van der Waals surface area contributed by atoms with E-state index in [4.69, 9.17) is 5.26 Å². The lowest BCUT2D eigenvalue weighted by Gasteiger charge is -2.20. The third-order valence-corrected chi connectivity index (χ3v) is 8.50. The minimum atomic E-state index is -3.47. The van der Waals surface area contributed by atoms with E-state index in [0.29, 0.717) is 35.1 Å². The van der Waals surface area contributed by atoms with Gasteiger partial charge in [0.15, 0.2) is 5.13 Å². The minimum absolute atomic E-state index is 0.151. The molecule has 0 atom stereocenters. The number of benzene rings is 2. The highest BCUT2D eigenvalue weighted by Gasteiger charge is 2.24. The number of carbonyl (C=O) groups excluding carboxylic acids is 1. The molecule has 0 radical (unpaired) electrons. The Morgan fingerprint density at radius 3 is 2.35 bits per heavy atom. The van der Waals surface area contributed by atoms with Crippen molar-refractivity contribution >= 4 is 32.4 Å². The number of nitriles is 1. The summed E-state index contributed by atoms with van der Waals surface area (Å²) in [6, 6.07) is 16.0. The van der Waals surface area contributed by atoms with Crippen molar-refractivity contribution in [2.75, 3.05) is 18.4 Å². The van der Waals surface area contributed by atoms with E-state index in [1.807, 2.05) is 17.5 Å². The lowest BCUT2D eigenvalue weighted by molar-refractivity contribution is -0.116. The average Bonchev–Trinajstić information content (AvgIpc) is 3.13. The Morgan fingerprint density at radius 1 is 1.03 bits per heavy atom. The number of hydrogen-bond acceptors (Lipinski definition) is 6. The van der Waals surface area contributed by atoms with Crippen molar-refractivity contribution in [1.82, 2.24) is 9.29 Å². The first-order chi connectivity index (χ1) is 16.5. The summed E-state index contributed by atoms with van der Waals surface area (Å²) in [6.07, 6.45) is 4.73. The van der Waals surface area contributed by atoms with Gasteiger partial charge in [0.2, 0.25) is 15.9 Å². The van der Waals surface area contributed by atoms with Crippen molar-refractivity contribution in [2.24, 2.45) is 0 Å². The zero-order valence-electron chi connectivity index (χ0n) is 18.7. The molecule has 2 heterocycles. The standard InChI is InChI=1S/C25H26N4O3S2/c26-17-20-5-10-21(11-6-20)23-18-33-25(27-23)28-24(30)14-9-19-7-12-22(13-8-19)34(31,32)29-15-3-1-2-4-16-29/h5-8,10-13,18H,1-4,9,14-16H2,(H,27,28,30). The second-order valence-electron chi connectivity index (χ2n) is 8.24. The van der Waals surface area contributed by atoms with Crippen LogP contribution in [0.5, 0.6) is 0 Å². The molecule has 0 unspecified atom stereocenters. The third kappa shape index (κ3) is 5.89. The van der Waals surface area contributed by atoms with Crippen LogP contribution < -0.4 is 5.32 Å². The number of carbonyl (C=O) groups is 1. The largest absolute Gasteiger partial charge is 0.302 e. The Kier molecular flexibility index (Phi) is 7.73. The Morgan fingerprint density at radius 2 is 1.71 bits per heavy atom. The summed E-state index contributed by atoms with van der Waals surface area (Å²) in [6.45, 7) is 1.15. The van der Waals surface area contributed by atoms with Crippen LogP contribution in [0.2, 0.25) is 0 Å². The quantitative estimate of drug-likeness (QED) is 0.507. The molecule has 0 saturated carbocycles. The normalized spacial score (nSPS) is 14.8. The highest BCUT2D eigenvalue weighted by Crippen LogP contribution is 2.25. The van der Waals surface area contributed by atoms with Crippen LogP contribution in [0, 0.1) is 11.3 Å². The minimum Gasteiger partial charge on any atom is -0.302 e. The van der Waals surface area contributed by atoms with Crippen LogP contribution in [0.15, 0.2) is 58.8 Å². The fraction of sp³-hybridized carbons (Fsp3) is 0.320. The van der Waals surface area contributed by atoms with Gasteiger partial charge < -0.3 is 5.32 Å². The monoisotopic (exact) mass is 494 g/mol. The predicted octanol–water partition coefficient (Wildman–Crippen LogP) is 4.82. The third-order valence-electron chi connectivity index (χ3n) is 5.83. The molecule has 4 rings (SSSR count). The van der Waals surface area contributed by atoms with Crippen molar-refractivity contribution < 1.29 is 13.2 Å². The van der Waals surface area contributed by atoms with Crippen LogP contribution in [0.1, 0.15) is 43.2 Å². The molecule has 0 aliphatic carbocycles. The summed E-state index contributed by atoms with van der Waals surface area (Å²) in [5.41, 5.74) is 3.11. The van der Waals surface area contributed by atoms with Gasteiger partial charge in [-0.3, -0.25) is 4.79 Å². The second kappa shape index (κ2) is 10.9. The van der Waals surface area contributed by atoms with Crippen LogP contribution in [-0.2, 0) is 21.2 Å². The zero-order valence-corrected chi connectivity index (χ0v) is 20.4. The summed E-state index contributed by atoms with van der Waals surface area (Å²) >= 11 is 1.34. The molecule has 0 bridgehead atoms. The number of anilines is 1. The molecular weight excluding hydrogens is 468 g/mol. The van der Waals surface area contributed by atoms with E-state index in [1.165, 1.54) is 11.3 Å². The Labute approximate surface area is 204 Å². The van der Waals surface area contributed by atoms with Gasteiger partial charge >= 0.3 is 0 Å². The van der Waals surface area contributed by atoms with Crippen LogP contribution in [-0.4, -0.2) is 36.7 Å². The smallest absolute Gasteiger partial charge is 0.243 e. The van der Waals surface area contributed by atoms with Gasteiger partial charge in [-0.1, -0.05) is 37.1 Å². The Bertz CT molecular complexity index is 1270. The Hall–Kier alpha value is -3.06. The van der Waals surface area contributed by atoms with E-state index >= 15 is 0 Å². The lowest BCUT2D eigenvalue weighted by atomic mass is 10.1. The number of aryl methyl sites for hydroxylation is 1. The fourth-order valence-corrected chi connectivity index (χ4v) is 6.13. The molecule has 1 saturated heterocycles. The van der Waals surface area contributed by atoms with Crippen molar-refractivity contribution in [3.05, 3.63) is 65.0 Å².